The number of para-hydroxylation sites is 1. The van der Waals surface area contributed by atoms with Gasteiger partial charge in [-0.15, -0.1) is 0 Å². The summed E-state index contributed by atoms with van der Waals surface area (Å²) in [5.41, 5.74) is 5.18. The summed E-state index contributed by atoms with van der Waals surface area (Å²) >= 11 is 4.96. The van der Waals surface area contributed by atoms with Crippen LogP contribution in [0.4, 0.5) is 5.69 Å². The van der Waals surface area contributed by atoms with Crippen LogP contribution in [-0.2, 0) is 4.79 Å². The number of rotatable bonds is 6. The van der Waals surface area contributed by atoms with Gasteiger partial charge in [-0.2, -0.15) is 5.10 Å². The fourth-order valence-electron chi connectivity index (χ4n) is 1.91. The molecule has 0 unspecified atom stereocenters. The summed E-state index contributed by atoms with van der Waals surface area (Å²) in [6.45, 7) is 1.81. The van der Waals surface area contributed by atoms with E-state index in [4.69, 9.17) is 17.0 Å². The number of ether oxygens (including phenoxy) is 1. The Balaban J connectivity index is 1.85. The fourth-order valence-corrected chi connectivity index (χ4v) is 1.96. The summed E-state index contributed by atoms with van der Waals surface area (Å²) in [5.74, 6) is 0.399. The molecular formula is C18H20N4O2S. The topological polar surface area (TPSA) is 74.8 Å². The van der Waals surface area contributed by atoms with Crippen LogP contribution in [0.15, 0.2) is 59.7 Å². The third kappa shape index (κ3) is 6.23. The molecule has 2 rings (SSSR count). The van der Waals surface area contributed by atoms with E-state index in [0.29, 0.717) is 10.9 Å². The van der Waals surface area contributed by atoms with Gasteiger partial charge in [0.1, 0.15) is 5.75 Å². The van der Waals surface area contributed by atoms with Gasteiger partial charge in [0.25, 0.3) is 5.91 Å². The summed E-state index contributed by atoms with van der Waals surface area (Å²) in [5, 5.41) is 10.2. The van der Waals surface area contributed by atoms with Crippen LogP contribution in [0, 0.1) is 0 Å². The standard InChI is InChI=1S/C18H20N4O2S/c1-13(21-22-18(25)19-2)14-8-10-16(11-9-14)24-12-17(23)20-15-6-4-3-5-7-15/h3-11H,12H2,1-2H3,(H,20,23)(H2,19,22,25)/b21-13-. The van der Waals surface area contributed by atoms with Gasteiger partial charge in [0.15, 0.2) is 11.7 Å². The molecular weight excluding hydrogens is 336 g/mol. The van der Waals surface area contributed by atoms with Gasteiger partial charge in [0.05, 0.1) is 5.71 Å². The Bertz CT molecular complexity index is 745. The lowest BCUT2D eigenvalue weighted by molar-refractivity contribution is -0.118. The smallest absolute Gasteiger partial charge is 0.262 e. The molecule has 7 heteroatoms. The van der Waals surface area contributed by atoms with Crippen molar-refractivity contribution in [1.82, 2.24) is 10.7 Å². The Kier molecular flexibility index (Phi) is 6.91. The molecule has 3 N–H and O–H groups in total. The first-order chi connectivity index (χ1) is 12.1. The molecule has 2 aromatic carbocycles. The lowest BCUT2D eigenvalue weighted by Crippen LogP contribution is -2.29. The maximum Gasteiger partial charge on any atom is 0.262 e. The minimum Gasteiger partial charge on any atom is -0.484 e. The van der Waals surface area contributed by atoms with Crippen LogP contribution in [0.25, 0.3) is 0 Å². The van der Waals surface area contributed by atoms with Crippen LogP contribution in [0.5, 0.6) is 5.75 Å². The van der Waals surface area contributed by atoms with Gasteiger partial charge < -0.3 is 15.4 Å². The largest absolute Gasteiger partial charge is 0.484 e. The molecule has 1 amide bonds. The predicted octanol–water partition coefficient (Wildman–Crippen LogP) is 2.52. The number of anilines is 1. The number of nitrogens with zero attached hydrogens (tertiary/aromatic N) is 1. The van der Waals surface area contributed by atoms with Gasteiger partial charge >= 0.3 is 0 Å². The van der Waals surface area contributed by atoms with Crippen LogP contribution in [0.1, 0.15) is 12.5 Å². The van der Waals surface area contributed by atoms with Crippen molar-refractivity contribution in [3.63, 3.8) is 0 Å². The van der Waals surface area contributed by atoms with Crippen molar-refractivity contribution in [2.45, 2.75) is 6.92 Å². The Morgan fingerprint density at radius 1 is 1.12 bits per heavy atom. The van der Waals surface area contributed by atoms with Crippen LogP contribution >= 0.6 is 12.2 Å². The highest BCUT2D eigenvalue weighted by Crippen LogP contribution is 2.13. The SMILES string of the molecule is CNC(=S)N/N=C(/C)c1ccc(OCC(=O)Nc2ccccc2)cc1. The number of carbonyl (C=O) groups is 1. The fraction of sp³-hybridized carbons (Fsp3) is 0.167. The second-order valence-corrected chi connectivity index (χ2v) is 5.52. The predicted molar refractivity (Wildman–Crippen MR) is 104 cm³/mol. The zero-order valence-corrected chi connectivity index (χ0v) is 14.9. The Morgan fingerprint density at radius 3 is 2.44 bits per heavy atom. The zero-order valence-electron chi connectivity index (χ0n) is 14.1. The molecule has 0 aliphatic rings. The molecule has 0 saturated heterocycles. The van der Waals surface area contributed by atoms with Gasteiger partial charge in [-0.05, 0) is 61.1 Å². The van der Waals surface area contributed by atoms with E-state index >= 15 is 0 Å². The van der Waals surface area contributed by atoms with Crippen molar-refractivity contribution in [2.24, 2.45) is 5.10 Å². The summed E-state index contributed by atoms with van der Waals surface area (Å²) in [4.78, 5) is 11.9. The van der Waals surface area contributed by atoms with Gasteiger partial charge in [-0.1, -0.05) is 18.2 Å². The third-order valence-electron chi connectivity index (χ3n) is 3.25. The van der Waals surface area contributed by atoms with E-state index in [0.717, 1.165) is 17.0 Å². The van der Waals surface area contributed by atoms with Crippen LogP contribution < -0.4 is 20.8 Å². The number of amides is 1. The van der Waals surface area contributed by atoms with E-state index in [1.54, 1.807) is 19.2 Å². The molecule has 25 heavy (non-hydrogen) atoms. The maximum atomic E-state index is 11.9. The maximum absolute atomic E-state index is 11.9. The molecule has 0 heterocycles. The van der Waals surface area contributed by atoms with E-state index in [9.17, 15) is 4.79 Å². The van der Waals surface area contributed by atoms with E-state index in [2.05, 4.69) is 21.2 Å². The second kappa shape index (κ2) is 9.39. The molecule has 0 atom stereocenters. The first-order valence-corrected chi connectivity index (χ1v) is 8.09. The average Bonchev–Trinajstić information content (AvgIpc) is 2.65. The summed E-state index contributed by atoms with van der Waals surface area (Å²) in [7, 11) is 1.72. The normalized spacial score (nSPS) is 10.7. The average molecular weight is 356 g/mol. The molecule has 0 radical (unpaired) electrons. The monoisotopic (exact) mass is 356 g/mol. The highest BCUT2D eigenvalue weighted by Gasteiger charge is 2.04. The van der Waals surface area contributed by atoms with Gasteiger partial charge in [0, 0.05) is 12.7 Å². The second-order valence-electron chi connectivity index (χ2n) is 5.12. The van der Waals surface area contributed by atoms with Crippen molar-refractivity contribution in [2.75, 3.05) is 19.0 Å². The van der Waals surface area contributed by atoms with Crippen LogP contribution in [-0.4, -0.2) is 30.4 Å². The summed E-state index contributed by atoms with van der Waals surface area (Å²) in [6.07, 6.45) is 0. The van der Waals surface area contributed by atoms with Gasteiger partial charge in [-0.25, -0.2) is 0 Å². The number of nitrogens with one attached hydrogen (secondary N) is 3. The lowest BCUT2D eigenvalue weighted by atomic mass is 10.1. The van der Waals surface area contributed by atoms with Crippen molar-refractivity contribution in [1.29, 1.82) is 0 Å². The number of thiocarbonyl (C=S) groups is 1. The first kappa shape index (κ1) is 18.4. The third-order valence-corrected chi connectivity index (χ3v) is 3.55. The highest BCUT2D eigenvalue weighted by atomic mass is 32.1. The van der Waals surface area contributed by atoms with E-state index < -0.39 is 0 Å². The molecule has 0 spiro atoms. The van der Waals surface area contributed by atoms with Crippen molar-refractivity contribution in [3.8, 4) is 5.75 Å². The summed E-state index contributed by atoms with van der Waals surface area (Å²) < 4.78 is 5.49. The highest BCUT2D eigenvalue weighted by molar-refractivity contribution is 7.80. The minimum absolute atomic E-state index is 0.0562. The van der Waals surface area contributed by atoms with E-state index in [-0.39, 0.29) is 12.5 Å². The Morgan fingerprint density at radius 2 is 1.80 bits per heavy atom. The molecule has 0 aromatic heterocycles. The van der Waals surface area contributed by atoms with Crippen molar-refractivity contribution in [3.05, 3.63) is 60.2 Å². The van der Waals surface area contributed by atoms with Crippen LogP contribution in [0.2, 0.25) is 0 Å². The van der Waals surface area contributed by atoms with E-state index in [1.165, 1.54) is 0 Å². The molecule has 0 fully saturated rings. The summed E-state index contributed by atoms with van der Waals surface area (Å²) in [6, 6.07) is 16.6. The molecule has 0 aliphatic heterocycles. The molecule has 6 nitrogen and oxygen atoms in total. The van der Waals surface area contributed by atoms with Crippen LogP contribution in [0.3, 0.4) is 0 Å². The number of hydrazone groups is 1. The molecule has 130 valence electrons. The minimum atomic E-state index is -0.210. The molecule has 0 aliphatic carbocycles. The Labute approximate surface area is 152 Å². The molecule has 0 bridgehead atoms. The van der Waals surface area contributed by atoms with Gasteiger partial charge in [0.2, 0.25) is 0 Å². The number of hydrogen-bond donors (Lipinski definition) is 3. The molecule has 0 saturated carbocycles. The van der Waals surface area contributed by atoms with Crippen molar-refractivity contribution >= 4 is 34.6 Å². The number of carbonyl (C=O) groups excluding carboxylic acids is 1. The molecule has 2 aromatic rings. The van der Waals surface area contributed by atoms with Gasteiger partial charge in [-0.3, -0.25) is 10.2 Å². The number of benzene rings is 2. The zero-order chi connectivity index (χ0) is 18.1. The van der Waals surface area contributed by atoms with E-state index in [1.807, 2.05) is 49.4 Å². The first-order valence-electron chi connectivity index (χ1n) is 7.68. The Hall–Kier alpha value is -2.93. The number of hydrogen-bond acceptors (Lipinski definition) is 4. The lowest BCUT2D eigenvalue weighted by Gasteiger charge is -2.08. The van der Waals surface area contributed by atoms with Crippen molar-refractivity contribution < 1.29 is 9.53 Å². The quantitative estimate of drug-likeness (QED) is 0.421.